The van der Waals surface area contributed by atoms with Crippen LogP contribution in [0.4, 0.5) is 5.69 Å². The lowest BCUT2D eigenvalue weighted by Crippen LogP contribution is -2.31. The summed E-state index contributed by atoms with van der Waals surface area (Å²) in [5, 5.41) is 8.41. The Labute approximate surface area is 121 Å². The molecule has 1 aliphatic heterocycles. The van der Waals surface area contributed by atoms with Gasteiger partial charge in [0.2, 0.25) is 11.8 Å². The molecular formula is C14H17NO4S. The number of hydrogen-bond acceptors (Lipinski definition) is 5. The molecule has 20 heavy (non-hydrogen) atoms. The van der Waals surface area contributed by atoms with Gasteiger partial charge in [-0.15, -0.1) is 11.8 Å². The molecule has 1 fully saturated rings. The smallest absolute Gasteiger partial charge is 0.247 e. The van der Waals surface area contributed by atoms with Gasteiger partial charge in [0.1, 0.15) is 5.75 Å². The van der Waals surface area contributed by atoms with Gasteiger partial charge in [-0.05, 0) is 31.2 Å². The molecule has 0 bridgehead atoms. The average Bonchev–Trinajstić information content (AvgIpc) is 2.73. The standard InChI is InChI=1S/C14H17NO4S/c1-2-19-11-5-3-10(4-6-11)15-13(17)9-12(14(15)18)20-8-7-16/h3-6,12,16H,2,7-9H2,1H3/t12-/m0/s1. The number of carbonyl (C=O) groups is 2. The highest BCUT2D eigenvalue weighted by Crippen LogP contribution is 2.30. The summed E-state index contributed by atoms with van der Waals surface area (Å²) in [7, 11) is 0. The van der Waals surface area contributed by atoms with Gasteiger partial charge in [-0.25, -0.2) is 4.90 Å². The molecule has 1 atom stereocenters. The summed E-state index contributed by atoms with van der Waals surface area (Å²) in [6.45, 7) is 2.47. The predicted molar refractivity (Wildman–Crippen MR) is 78.1 cm³/mol. The lowest BCUT2D eigenvalue weighted by atomic mass is 10.3. The molecular weight excluding hydrogens is 278 g/mol. The van der Waals surface area contributed by atoms with Crippen LogP contribution < -0.4 is 9.64 Å². The summed E-state index contributed by atoms with van der Waals surface area (Å²) in [5.74, 6) is 0.759. The van der Waals surface area contributed by atoms with E-state index in [1.54, 1.807) is 24.3 Å². The van der Waals surface area contributed by atoms with Crippen LogP contribution >= 0.6 is 11.8 Å². The van der Waals surface area contributed by atoms with Crippen molar-refractivity contribution in [1.82, 2.24) is 0 Å². The molecule has 2 amide bonds. The summed E-state index contributed by atoms with van der Waals surface area (Å²) in [6.07, 6.45) is 0.191. The molecule has 6 heteroatoms. The van der Waals surface area contributed by atoms with Crippen molar-refractivity contribution in [2.45, 2.75) is 18.6 Å². The molecule has 0 aromatic heterocycles. The number of rotatable bonds is 6. The van der Waals surface area contributed by atoms with Crippen molar-refractivity contribution in [3.63, 3.8) is 0 Å². The fourth-order valence-electron chi connectivity index (χ4n) is 2.06. The van der Waals surface area contributed by atoms with Crippen molar-refractivity contribution in [3.05, 3.63) is 24.3 Å². The Hall–Kier alpha value is -1.53. The number of nitrogens with zero attached hydrogens (tertiary/aromatic N) is 1. The molecule has 1 aromatic carbocycles. The Morgan fingerprint density at radius 3 is 2.65 bits per heavy atom. The number of hydrogen-bond donors (Lipinski definition) is 1. The zero-order valence-corrected chi connectivity index (χ0v) is 12.1. The first-order valence-corrected chi connectivity index (χ1v) is 7.54. The number of carbonyl (C=O) groups excluding carboxylic acids is 2. The third-order valence-corrected chi connectivity index (χ3v) is 4.11. The molecule has 0 saturated carbocycles. The Bertz CT molecular complexity index is 488. The van der Waals surface area contributed by atoms with Crippen molar-refractivity contribution < 1.29 is 19.4 Å². The Balaban J connectivity index is 2.11. The molecule has 0 spiro atoms. The molecule has 1 N–H and O–H groups in total. The van der Waals surface area contributed by atoms with Gasteiger partial charge in [0.25, 0.3) is 0 Å². The fraction of sp³-hybridized carbons (Fsp3) is 0.429. The van der Waals surface area contributed by atoms with E-state index < -0.39 is 0 Å². The van der Waals surface area contributed by atoms with Crippen LogP contribution in [0.15, 0.2) is 24.3 Å². The van der Waals surface area contributed by atoms with Crippen LogP contribution in [0.25, 0.3) is 0 Å². The second-order valence-corrected chi connectivity index (χ2v) is 5.59. The maximum atomic E-state index is 12.2. The lowest BCUT2D eigenvalue weighted by Gasteiger charge is -2.15. The second-order valence-electron chi connectivity index (χ2n) is 4.28. The van der Waals surface area contributed by atoms with Crippen LogP contribution in [0.1, 0.15) is 13.3 Å². The highest BCUT2D eigenvalue weighted by atomic mass is 32.2. The van der Waals surface area contributed by atoms with Gasteiger partial charge in [-0.1, -0.05) is 0 Å². The van der Waals surface area contributed by atoms with Gasteiger partial charge in [0.05, 0.1) is 24.2 Å². The van der Waals surface area contributed by atoms with Crippen molar-refractivity contribution in [2.24, 2.45) is 0 Å². The first-order valence-electron chi connectivity index (χ1n) is 6.49. The van der Waals surface area contributed by atoms with Gasteiger partial charge in [0, 0.05) is 12.2 Å². The molecule has 5 nitrogen and oxygen atoms in total. The number of aliphatic hydroxyl groups is 1. The molecule has 108 valence electrons. The number of thioether (sulfide) groups is 1. The second kappa shape index (κ2) is 6.76. The zero-order valence-electron chi connectivity index (χ0n) is 11.2. The Kier molecular flexibility index (Phi) is 5.03. The summed E-state index contributed by atoms with van der Waals surface area (Å²) in [5.41, 5.74) is 0.565. The van der Waals surface area contributed by atoms with E-state index in [1.807, 2.05) is 6.92 Å². The molecule has 1 aromatic rings. The largest absolute Gasteiger partial charge is 0.494 e. The highest BCUT2D eigenvalue weighted by molar-refractivity contribution is 8.00. The lowest BCUT2D eigenvalue weighted by molar-refractivity contribution is -0.121. The van der Waals surface area contributed by atoms with Crippen LogP contribution in [0.5, 0.6) is 5.75 Å². The predicted octanol–water partition coefficient (Wildman–Crippen LogP) is 1.44. The maximum absolute atomic E-state index is 12.2. The van der Waals surface area contributed by atoms with Crippen LogP contribution in [0.2, 0.25) is 0 Å². The monoisotopic (exact) mass is 295 g/mol. The third kappa shape index (κ3) is 3.13. The number of benzene rings is 1. The first kappa shape index (κ1) is 14.9. The van der Waals surface area contributed by atoms with Crippen LogP contribution in [0.3, 0.4) is 0 Å². The minimum Gasteiger partial charge on any atom is -0.494 e. The van der Waals surface area contributed by atoms with Crippen molar-refractivity contribution in [2.75, 3.05) is 23.9 Å². The minimum absolute atomic E-state index is 0.00565. The first-order chi connectivity index (χ1) is 9.67. The highest BCUT2D eigenvalue weighted by Gasteiger charge is 2.39. The maximum Gasteiger partial charge on any atom is 0.247 e. The fourth-order valence-corrected chi connectivity index (χ4v) is 2.96. The van der Waals surface area contributed by atoms with Crippen LogP contribution in [0, 0.1) is 0 Å². The van der Waals surface area contributed by atoms with E-state index in [4.69, 9.17) is 9.84 Å². The minimum atomic E-state index is -0.388. The normalized spacial score (nSPS) is 18.7. The van der Waals surface area contributed by atoms with Crippen LogP contribution in [-0.2, 0) is 9.59 Å². The number of ether oxygens (including phenoxy) is 1. The van der Waals surface area contributed by atoms with Crippen molar-refractivity contribution >= 4 is 29.3 Å². The summed E-state index contributed by atoms with van der Waals surface area (Å²) >= 11 is 1.32. The van der Waals surface area contributed by atoms with E-state index >= 15 is 0 Å². The Morgan fingerprint density at radius 1 is 1.35 bits per heavy atom. The molecule has 1 heterocycles. The molecule has 2 rings (SSSR count). The van der Waals surface area contributed by atoms with Gasteiger partial charge in [-0.2, -0.15) is 0 Å². The number of amides is 2. The number of anilines is 1. The average molecular weight is 295 g/mol. The zero-order chi connectivity index (χ0) is 14.5. The molecule has 0 aliphatic carbocycles. The molecule has 1 saturated heterocycles. The molecule has 0 radical (unpaired) electrons. The van der Waals surface area contributed by atoms with E-state index in [0.29, 0.717) is 23.8 Å². The quantitative estimate of drug-likeness (QED) is 0.804. The van der Waals surface area contributed by atoms with Crippen molar-refractivity contribution in [3.8, 4) is 5.75 Å². The van der Waals surface area contributed by atoms with E-state index in [9.17, 15) is 9.59 Å². The van der Waals surface area contributed by atoms with Crippen molar-refractivity contribution in [1.29, 1.82) is 0 Å². The van der Waals surface area contributed by atoms with Gasteiger partial charge in [0.15, 0.2) is 0 Å². The topological polar surface area (TPSA) is 66.8 Å². The van der Waals surface area contributed by atoms with E-state index in [2.05, 4.69) is 0 Å². The van der Waals surface area contributed by atoms with E-state index in [-0.39, 0.29) is 30.1 Å². The van der Waals surface area contributed by atoms with E-state index in [0.717, 1.165) is 0 Å². The summed E-state index contributed by atoms with van der Waals surface area (Å²) in [4.78, 5) is 25.4. The summed E-state index contributed by atoms with van der Waals surface area (Å²) in [6, 6.07) is 6.90. The molecule has 0 unspecified atom stereocenters. The van der Waals surface area contributed by atoms with E-state index in [1.165, 1.54) is 16.7 Å². The number of imide groups is 1. The number of aliphatic hydroxyl groups excluding tert-OH is 1. The SMILES string of the molecule is CCOc1ccc(N2C(=O)C[C@H](SCCO)C2=O)cc1. The third-order valence-electron chi connectivity index (χ3n) is 2.92. The molecule has 1 aliphatic rings. The van der Waals surface area contributed by atoms with Crippen LogP contribution in [-0.4, -0.2) is 41.1 Å². The van der Waals surface area contributed by atoms with Gasteiger partial charge >= 0.3 is 0 Å². The Morgan fingerprint density at radius 2 is 2.05 bits per heavy atom. The van der Waals surface area contributed by atoms with Gasteiger partial charge < -0.3 is 9.84 Å². The van der Waals surface area contributed by atoms with Gasteiger partial charge in [-0.3, -0.25) is 9.59 Å². The summed E-state index contributed by atoms with van der Waals surface area (Å²) < 4.78 is 5.33.